The van der Waals surface area contributed by atoms with Crippen molar-refractivity contribution in [2.24, 2.45) is 5.73 Å². The zero-order valence-corrected chi connectivity index (χ0v) is 10.2. The first-order chi connectivity index (χ1) is 8.04. The minimum atomic E-state index is -2.60. The second-order valence-electron chi connectivity index (χ2n) is 3.77. The van der Waals surface area contributed by atoms with E-state index in [0.717, 1.165) is 5.56 Å². The summed E-state index contributed by atoms with van der Waals surface area (Å²) < 4.78 is 35.6. The molecule has 0 saturated carbocycles. The van der Waals surface area contributed by atoms with Crippen molar-refractivity contribution in [2.45, 2.75) is 19.3 Å². The van der Waals surface area contributed by atoms with Crippen LogP contribution in [0.3, 0.4) is 0 Å². The first-order valence-corrected chi connectivity index (χ1v) is 5.29. The molecule has 0 heterocycles. The molecule has 5 heteroatoms. The Balaban J connectivity index is 3.32. The number of ether oxygens (including phenoxy) is 2. The molecule has 1 aromatic rings. The van der Waals surface area contributed by atoms with E-state index in [2.05, 4.69) is 0 Å². The van der Waals surface area contributed by atoms with Crippen LogP contribution in [-0.2, 0) is 0 Å². The third-order valence-electron chi connectivity index (χ3n) is 2.70. The minimum Gasteiger partial charge on any atom is -0.496 e. The van der Waals surface area contributed by atoms with Gasteiger partial charge in [-0.3, -0.25) is 0 Å². The van der Waals surface area contributed by atoms with Crippen LogP contribution in [-0.4, -0.2) is 20.8 Å². The van der Waals surface area contributed by atoms with Crippen LogP contribution in [0.15, 0.2) is 12.1 Å². The van der Waals surface area contributed by atoms with Crippen molar-refractivity contribution in [1.29, 1.82) is 0 Å². The summed E-state index contributed by atoms with van der Waals surface area (Å²) in [5.74, 6) is 0.598. The Labute approximate surface area is 99.5 Å². The lowest BCUT2D eigenvalue weighted by atomic mass is 9.98. The summed E-state index contributed by atoms with van der Waals surface area (Å²) in [5, 5.41) is 0. The molecule has 1 atom stereocenters. The molecule has 1 aromatic carbocycles. The van der Waals surface area contributed by atoms with Crippen molar-refractivity contribution in [1.82, 2.24) is 0 Å². The predicted molar refractivity (Wildman–Crippen MR) is 62.0 cm³/mol. The normalized spacial score (nSPS) is 12.6. The summed E-state index contributed by atoms with van der Waals surface area (Å²) >= 11 is 0. The standard InChI is InChI=1S/C12H17F2NO2/c1-7(6-15)8-4-11(17-3)9(12(13)14)5-10(8)16-2/h4-5,7,12H,6,15H2,1-3H3. The van der Waals surface area contributed by atoms with Gasteiger partial charge in [0, 0.05) is 5.56 Å². The average Bonchev–Trinajstić information content (AvgIpc) is 2.35. The number of hydrogen-bond acceptors (Lipinski definition) is 3. The van der Waals surface area contributed by atoms with Gasteiger partial charge in [-0.15, -0.1) is 0 Å². The highest BCUT2D eigenvalue weighted by atomic mass is 19.3. The molecule has 2 N–H and O–H groups in total. The van der Waals surface area contributed by atoms with Crippen molar-refractivity contribution < 1.29 is 18.3 Å². The molecule has 0 aliphatic carbocycles. The van der Waals surface area contributed by atoms with E-state index < -0.39 is 6.43 Å². The Kier molecular flexibility index (Phi) is 4.69. The summed E-state index contributed by atoms with van der Waals surface area (Å²) in [6.07, 6.45) is -2.60. The van der Waals surface area contributed by atoms with Crippen LogP contribution >= 0.6 is 0 Å². The first kappa shape index (κ1) is 13.7. The molecule has 1 unspecified atom stereocenters. The van der Waals surface area contributed by atoms with Gasteiger partial charge in [0.1, 0.15) is 11.5 Å². The second-order valence-corrected chi connectivity index (χ2v) is 3.77. The van der Waals surface area contributed by atoms with Gasteiger partial charge in [0.05, 0.1) is 19.8 Å². The zero-order valence-electron chi connectivity index (χ0n) is 10.2. The zero-order chi connectivity index (χ0) is 13.0. The fraction of sp³-hybridized carbons (Fsp3) is 0.500. The van der Waals surface area contributed by atoms with E-state index in [0.29, 0.717) is 12.3 Å². The lowest BCUT2D eigenvalue weighted by Crippen LogP contribution is -2.11. The topological polar surface area (TPSA) is 44.5 Å². The van der Waals surface area contributed by atoms with Gasteiger partial charge in [-0.2, -0.15) is 0 Å². The molecule has 17 heavy (non-hydrogen) atoms. The Morgan fingerprint density at radius 2 is 1.59 bits per heavy atom. The summed E-state index contributed by atoms with van der Waals surface area (Å²) in [4.78, 5) is 0. The fourth-order valence-corrected chi connectivity index (χ4v) is 1.63. The van der Waals surface area contributed by atoms with E-state index in [1.54, 1.807) is 6.07 Å². The van der Waals surface area contributed by atoms with Crippen molar-refractivity contribution in [3.63, 3.8) is 0 Å². The second kappa shape index (κ2) is 5.82. The molecule has 96 valence electrons. The maximum atomic E-state index is 12.8. The molecule has 0 saturated heterocycles. The van der Waals surface area contributed by atoms with E-state index in [9.17, 15) is 8.78 Å². The van der Waals surface area contributed by atoms with Crippen molar-refractivity contribution in [3.8, 4) is 11.5 Å². The largest absolute Gasteiger partial charge is 0.496 e. The monoisotopic (exact) mass is 245 g/mol. The fourth-order valence-electron chi connectivity index (χ4n) is 1.63. The Bertz CT molecular complexity index is 383. The summed E-state index contributed by atoms with van der Waals surface area (Å²) in [7, 11) is 2.81. The number of alkyl halides is 2. The average molecular weight is 245 g/mol. The molecule has 0 bridgehead atoms. The van der Waals surface area contributed by atoms with Crippen molar-refractivity contribution in [2.75, 3.05) is 20.8 Å². The van der Waals surface area contributed by atoms with E-state index in [-0.39, 0.29) is 17.2 Å². The molecule has 0 radical (unpaired) electrons. The number of halogens is 2. The van der Waals surface area contributed by atoms with Crippen LogP contribution in [0.2, 0.25) is 0 Å². The van der Waals surface area contributed by atoms with E-state index in [4.69, 9.17) is 15.2 Å². The van der Waals surface area contributed by atoms with Gasteiger partial charge in [0.2, 0.25) is 0 Å². The minimum absolute atomic E-state index is 0.0190. The van der Waals surface area contributed by atoms with Gasteiger partial charge in [0.15, 0.2) is 0 Å². The number of nitrogens with two attached hydrogens (primary N) is 1. The number of hydrogen-bond donors (Lipinski definition) is 1. The first-order valence-electron chi connectivity index (χ1n) is 5.29. The van der Waals surface area contributed by atoms with Crippen LogP contribution in [0, 0.1) is 0 Å². The van der Waals surface area contributed by atoms with Crippen molar-refractivity contribution in [3.05, 3.63) is 23.3 Å². The SMILES string of the molecule is COc1cc(C(C)CN)c(OC)cc1C(F)F. The molecule has 0 amide bonds. The quantitative estimate of drug-likeness (QED) is 0.867. The summed E-state index contributed by atoms with van der Waals surface area (Å²) in [5.41, 5.74) is 6.18. The lowest BCUT2D eigenvalue weighted by Gasteiger charge is -2.17. The van der Waals surface area contributed by atoms with E-state index in [1.165, 1.54) is 20.3 Å². The molecule has 0 spiro atoms. The van der Waals surface area contributed by atoms with Crippen LogP contribution in [0.4, 0.5) is 8.78 Å². The lowest BCUT2D eigenvalue weighted by molar-refractivity contribution is 0.146. The number of rotatable bonds is 5. The molecule has 0 aromatic heterocycles. The summed E-state index contributed by atoms with van der Waals surface area (Å²) in [6, 6.07) is 2.88. The molecular weight excluding hydrogens is 228 g/mol. The smallest absolute Gasteiger partial charge is 0.267 e. The predicted octanol–water partition coefficient (Wildman–Crippen LogP) is 2.70. The van der Waals surface area contributed by atoms with Gasteiger partial charge in [-0.1, -0.05) is 6.92 Å². The van der Waals surface area contributed by atoms with Crippen LogP contribution in [0.1, 0.15) is 30.4 Å². The maximum Gasteiger partial charge on any atom is 0.267 e. The van der Waals surface area contributed by atoms with Gasteiger partial charge >= 0.3 is 0 Å². The van der Waals surface area contributed by atoms with Gasteiger partial charge in [0.25, 0.3) is 6.43 Å². The van der Waals surface area contributed by atoms with Gasteiger partial charge in [-0.05, 0) is 24.6 Å². The Morgan fingerprint density at radius 3 is 2.00 bits per heavy atom. The van der Waals surface area contributed by atoms with Gasteiger partial charge < -0.3 is 15.2 Å². The molecule has 0 aliphatic rings. The maximum absolute atomic E-state index is 12.8. The molecule has 0 aliphatic heterocycles. The Morgan fingerprint density at radius 1 is 1.12 bits per heavy atom. The molecule has 1 rings (SSSR count). The van der Waals surface area contributed by atoms with E-state index in [1.807, 2.05) is 6.92 Å². The van der Waals surface area contributed by atoms with E-state index >= 15 is 0 Å². The van der Waals surface area contributed by atoms with Crippen molar-refractivity contribution >= 4 is 0 Å². The third kappa shape index (κ3) is 2.85. The van der Waals surface area contributed by atoms with Crippen LogP contribution in [0.5, 0.6) is 11.5 Å². The van der Waals surface area contributed by atoms with Crippen LogP contribution < -0.4 is 15.2 Å². The Hall–Kier alpha value is -1.36. The molecule has 0 fully saturated rings. The van der Waals surface area contributed by atoms with Crippen LogP contribution in [0.25, 0.3) is 0 Å². The number of benzene rings is 1. The highest BCUT2D eigenvalue weighted by Gasteiger charge is 2.20. The molecule has 3 nitrogen and oxygen atoms in total. The third-order valence-corrected chi connectivity index (χ3v) is 2.70. The highest BCUT2D eigenvalue weighted by molar-refractivity contribution is 5.48. The summed E-state index contributed by atoms with van der Waals surface area (Å²) in [6.45, 7) is 2.31. The van der Waals surface area contributed by atoms with Gasteiger partial charge in [-0.25, -0.2) is 8.78 Å². The number of methoxy groups -OCH3 is 2. The highest BCUT2D eigenvalue weighted by Crippen LogP contribution is 2.37. The molecular formula is C12H17F2NO2.